The summed E-state index contributed by atoms with van der Waals surface area (Å²) in [5.74, 6) is 1.10. The molecule has 0 aromatic heterocycles. The van der Waals surface area contributed by atoms with Crippen LogP contribution in [0.5, 0.6) is 0 Å². The summed E-state index contributed by atoms with van der Waals surface area (Å²) in [5, 5.41) is 0.613. The Labute approximate surface area is 124 Å². The third-order valence-corrected chi connectivity index (χ3v) is 5.86. The van der Waals surface area contributed by atoms with Crippen LogP contribution in [0, 0.1) is 0 Å². The maximum atomic E-state index is 12.5. The first-order valence-corrected chi connectivity index (χ1v) is 8.57. The Balaban J connectivity index is 1.61. The molecule has 2 heterocycles. The molecule has 5 nitrogen and oxygen atoms in total. The number of amides is 2. The lowest BCUT2D eigenvalue weighted by molar-refractivity contribution is -0.149. The number of rotatable bonds is 2. The van der Waals surface area contributed by atoms with Crippen molar-refractivity contribution in [3.05, 3.63) is 0 Å². The number of hydrogen-bond acceptors (Lipinski definition) is 4. The molecule has 0 aromatic carbocycles. The van der Waals surface area contributed by atoms with Crippen LogP contribution < -0.4 is 0 Å². The van der Waals surface area contributed by atoms with Gasteiger partial charge in [-0.2, -0.15) is 11.8 Å². The number of carbonyl (C=O) groups is 2. The monoisotopic (exact) mass is 298 g/mol. The molecule has 0 spiro atoms. The molecule has 0 bridgehead atoms. The Hall–Kier alpha value is -0.750. The third-order valence-electron chi connectivity index (χ3n) is 4.46. The van der Waals surface area contributed by atoms with Crippen molar-refractivity contribution in [2.24, 2.45) is 0 Å². The molecule has 0 N–H and O–H groups in total. The van der Waals surface area contributed by atoms with Crippen LogP contribution in [0.1, 0.15) is 25.7 Å². The maximum absolute atomic E-state index is 12.5. The number of thioether (sulfide) groups is 1. The lowest BCUT2D eigenvalue weighted by Gasteiger charge is -2.44. The summed E-state index contributed by atoms with van der Waals surface area (Å²) < 4.78 is 5.11. The standard InChI is InChI=1S/C14H22N2O3S/c17-13(9-15-5-7-19-10-14(15)18)16-6-8-20-12-4-2-1-3-11(12)16/h11-12H,1-10H2/t11-,12-/m0/s1. The SMILES string of the molecule is O=C1COCCN1CC(=O)N1CCS[C@H]2CCCC[C@@H]21. The average Bonchev–Trinajstić information content (AvgIpc) is 2.49. The van der Waals surface area contributed by atoms with Gasteiger partial charge in [0.15, 0.2) is 0 Å². The minimum absolute atomic E-state index is 0.0591. The van der Waals surface area contributed by atoms with E-state index in [-0.39, 0.29) is 25.0 Å². The molecule has 0 radical (unpaired) electrons. The van der Waals surface area contributed by atoms with Crippen LogP contribution in [0.3, 0.4) is 0 Å². The molecule has 1 saturated carbocycles. The molecular formula is C14H22N2O3S. The number of nitrogens with zero attached hydrogens (tertiary/aromatic N) is 2. The molecule has 2 saturated heterocycles. The minimum Gasteiger partial charge on any atom is -0.370 e. The van der Waals surface area contributed by atoms with Crippen LogP contribution in [0.2, 0.25) is 0 Å². The second kappa shape index (κ2) is 6.35. The van der Waals surface area contributed by atoms with Crippen molar-refractivity contribution in [1.82, 2.24) is 9.80 Å². The predicted molar refractivity (Wildman–Crippen MR) is 77.6 cm³/mol. The van der Waals surface area contributed by atoms with Crippen molar-refractivity contribution in [3.8, 4) is 0 Å². The number of hydrogen-bond donors (Lipinski definition) is 0. The molecular weight excluding hydrogens is 276 g/mol. The van der Waals surface area contributed by atoms with Crippen molar-refractivity contribution in [2.45, 2.75) is 37.0 Å². The zero-order valence-electron chi connectivity index (χ0n) is 11.8. The largest absolute Gasteiger partial charge is 0.370 e. The molecule has 2 aliphatic heterocycles. The van der Waals surface area contributed by atoms with Crippen LogP contribution in [-0.2, 0) is 14.3 Å². The Morgan fingerprint density at radius 1 is 1.30 bits per heavy atom. The lowest BCUT2D eigenvalue weighted by Crippen LogP contribution is -2.55. The highest BCUT2D eigenvalue weighted by molar-refractivity contribution is 8.00. The van der Waals surface area contributed by atoms with Crippen LogP contribution in [0.4, 0.5) is 0 Å². The van der Waals surface area contributed by atoms with Gasteiger partial charge in [0.2, 0.25) is 11.8 Å². The van der Waals surface area contributed by atoms with E-state index in [1.807, 2.05) is 16.7 Å². The summed E-state index contributed by atoms with van der Waals surface area (Å²) in [7, 11) is 0. The summed E-state index contributed by atoms with van der Waals surface area (Å²) in [6.07, 6.45) is 4.87. The normalized spacial score (nSPS) is 31.1. The van der Waals surface area contributed by atoms with Gasteiger partial charge in [0, 0.05) is 30.1 Å². The molecule has 3 fully saturated rings. The summed E-state index contributed by atoms with van der Waals surface area (Å²) in [6, 6.07) is 0.395. The Bertz CT molecular complexity index is 389. The van der Waals surface area contributed by atoms with Crippen molar-refractivity contribution >= 4 is 23.6 Å². The summed E-state index contributed by atoms with van der Waals surface area (Å²) in [6.45, 7) is 2.27. The second-order valence-corrected chi connectivity index (χ2v) is 7.06. The molecule has 6 heteroatoms. The maximum Gasteiger partial charge on any atom is 0.249 e. The van der Waals surface area contributed by atoms with Gasteiger partial charge in [-0.3, -0.25) is 9.59 Å². The van der Waals surface area contributed by atoms with Gasteiger partial charge in [0.1, 0.15) is 6.61 Å². The van der Waals surface area contributed by atoms with Gasteiger partial charge >= 0.3 is 0 Å². The van der Waals surface area contributed by atoms with E-state index in [2.05, 4.69) is 0 Å². The minimum atomic E-state index is -0.0591. The zero-order valence-corrected chi connectivity index (χ0v) is 12.6. The fraction of sp³-hybridized carbons (Fsp3) is 0.857. The Morgan fingerprint density at radius 2 is 2.15 bits per heavy atom. The third kappa shape index (κ3) is 2.96. The molecule has 2 atom stereocenters. The molecule has 1 aliphatic carbocycles. The molecule has 0 aromatic rings. The number of fused-ring (bicyclic) bond motifs is 1. The second-order valence-electron chi connectivity index (χ2n) is 5.72. The first kappa shape index (κ1) is 14.2. The molecule has 0 unspecified atom stereocenters. The quantitative estimate of drug-likeness (QED) is 0.754. The molecule has 2 amide bonds. The van der Waals surface area contributed by atoms with Gasteiger partial charge in [0.05, 0.1) is 13.2 Å². The topological polar surface area (TPSA) is 49.9 Å². The van der Waals surface area contributed by atoms with E-state index in [1.165, 1.54) is 19.3 Å². The van der Waals surface area contributed by atoms with Gasteiger partial charge in [-0.05, 0) is 12.8 Å². The summed E-state index contributed by atoms with van der Waals surface area (Å²) >= 11 is 2.02. The van der Waals surface area contributed by atoms with E-state index in [1.54, 1.807) is 4.90 Å². The fourth-order valence-electron chi connectivity index (χ4n) is 3.38. The van der Waals surface area contributed by atoms with Crippen molar-refractivity contribution in [2.75, 3.05) is 38.6 Å². The molecule has 20 heavy (non-hydrogen) atoms. The number of morpholine rings is 1. The summed E-state index contributed by atoms with van der Waals surface area (Å²) in [4.78, 5) is 28.0. The first-order chi connectivity index (χ1) is 9.75. The summed E-state index contributed by atoms with van der Waals surface area (Å²) in [5.41, 5.74) is 0. The van der Waals surface area contributed by atoms with Crippen LogP contribution >= 0.6 is 11.8 Å². The molecule has 3 aliphatic rings. The van der Waals surface area contributed by atoms with E-state index < -0.39 is 0 Å². The van der Waals surface area contributed by atoms with E-state index in [4.69, 9.17) is 4.74 Å². The van der Waals surface area contributed by atoms with Gasteiger partial charge < -0.3 is 14.5 Å². The van der Waals surface area contributed by atoms with Crippen molar-refractivity contribution in [3.63, 3.8) is 0 Å². The van der Waals surface area contributed by atoms with Crippen molar-refractivity contribution < 1.29 is 14.3 Å². The smallest absolute Gasteiger partial charge is 0.249 e. The highest BCUT2D eigenvalue weighted by Crippen LogP contribution is 2.35. The van der Waals surface area contributed by atoms with Crippen LogP contribution in [0.25, 0.3) is 0 Å². The molecule has 3 rings (SSSR count). The Morgan fingerprint density at radius 3 is 3.00 bits per heavy atom. The fourth-order valence-corrected chi connectivity index (χ4v) is 4.82. The number of carbonyl (C=O) groups excluding carboxylic acids is 2. The van der Waals surface area contributed by atoms with E-state index >= 15 is 0 Å². The van der Waals surface area contributed by atoms with E-state index in [0.717, 1.165) is 18.7 Å². The van der Waals surface area contributed by atoms with Gasteiger partial charge in [-0.1, -0.05) is 12.8 Å². The van der Waals surface area contributed by atoms with Crippen molar-refractivity contribution in [1.29, 1.82) is 0 Å². The van der Waals surface area contributed by atoms with E-state index in [0.29, 0.717) is 24.4 Å². The van der Waals surface area contributed by atoms with E-state index in [9.17, 15) is 9.59 Å². The van der Waals surface area contributed by atoms with Gasteiger partial charge in [-0.15, -0.1) is 0 Å². The Kier molecular flexibility index (Phi) is 4.51. The first-order valence-electron chi connectivity index (χ1n) is 7.52. The van der Waals surface area contributed by atoms with Gasteiger partial charge in [-0.25, -0.2) is 0 Å². The lowest BCUT2D eigenvalue weighted by atomic mass is 9.93. The highest BCUT2D eigenvalue weighted by atomic mass is 32.2. The highest BCUT2D eigenvalue weighted by Gasteiger charge is 2.37. The van der Waals surface area contributed by atoms with Crippen LogP contribution in [-0.4, -0.2) is 71.5 Å². The molecule has 112 valence electrons. The van der Waals surface area contributed by atoms with Crippen LogP contribution in [0.15, 0.2) is 0 Å². The zero-order chi connectivity index (χ0) is 13.9. The average molecular weight is 298 g/mol. The number of ether oxygens (including phenoxy) is 1. The van der Waals surface area contributed by atoms with Gasteiger partial charge in [0.25, 0.3) is 0 Å². The predicted octanol–water partition coefficient (Wildman–Crippen LogP) is 0.732.